The van der Waals surface area contributed by atoms with Gasteiger partial charge < -0.3 is 15.4 Å². The van der Waals surface area contributed by atoms with Crippen molar-refractivity contribution in [2.24, 2.45) is 5.92 Å². The first kappa shape index (κ1) is 15.9. The predicted molar refractivity (Wildman–Crippen MR) is 65.6 cm³/mol. The Balaban J connectivity index is 3.42. The van der Waals surface area contributed by atoms with Crippen LogP contribution in [0.1, 0.15) is 13.8 Å². The summed E-state index contributed by atoms with van der Waals surface area (Å²) in [7, 11) is 1.57. The van der Waals surface area contributed by atoms with E-state index in [-0.39, 0.29) is 24.9 Å². The second kappa shape index (κ2) is 10.0. The molecule has 0 aliphatic heterocycles. The van der Waals surface area contributed by atoms with E-state index in [1.165, 1.54) is 0 Å². The van der Waals surface area contributed by atoms with Crippen molar-refractivity contribution in [3.63, 3.8) is 0 Å². The lowest BCUT2D eigenvalue weighted by atomic mass is 10.2. The number of methoxy groups -OCH3 is 1. The SMILES string of the molecule is COCCNC(=O)CNCC(=O)NCC(C)C. The van der Waals surface area contributed by atoms with Crippen molar-refractivity contribution >= 4 is 11.8 Å². The second-order valence-electron chi connectivity index (χ2n) is 4.14. The molecule has 0 aromatic carbocycles. The van der Waals surface area contributed by atoms with Gasteiger partial charge in [0.15, 0.2) is 0 Å². The quantitative estimate of drug-likeness (QED) is 0.460. The van der Waals surface area contributed by atoms with Crippen LogP contribution in [0, 0.1) is 5.92 Å². The minimum absolute atomic E-state index is 0.0941. The molecule has 0 bridgehead atoms. The molecule has 0 rings (SSSR count). The Morgan fingerprint density at radius 3 is 2.24 bits per heavy atom. The molecule has 0 fully saturated rings. The lowest BCUT2D eigenvalue weighted by molar-refractivity contribution is -0.121. The number of hydrogen-bond donors (Lipinski definition) is 3. The molecule has 100 valence electrons. The average molecular weight is 245 g/mol. The summed E-state index contributed by atoms with van der Waals surface area (Å²) >= 11 is 0. The molecule has 0 heterocycles. The van der Waals surface area contributed by atoms with Crippen molar-refractivity contribution in [1.29, 1.82) is 0 Å². The summed E-state index contributed by atoms with van der Waals surface area (Å²) in [6, 6.07) is 0. The summed E-state index contributed by atoms with van der Waals surface area (Å²) < 4.78 is 4.79. The zero-order valence-corrected chi connectivity index (χ0v) is 10.8. The third-order valence-corrected chi connectivity index (χ3v) is 1.91. The molecule has 6 nitrogen and oxygen atoms in total. The molecular weight excluding hydrogens is 222 g/mol. The van der Waals surface area contributed by atoms with Crippen LogP contribution in [0.5, 0.6) is 0 Å². The Labute approximate surface area is 102 Å². The Bertz CT molecular complexity index is 232. The van der Waals surface area contributed by atoms with Crippen LogP contribution in [0.2, 0.25) is 0 Å². The zero-order valence-electron chi connectivity index (χ0n) is 10.8. The molecule has 0 saturated heterocycles. The molecule has 0 spiro atoms. The Hall–Kier alpha value is -1.14. The summed E-state index contributed by atoms with van der Waals surface area (Å²) in [6.07, 6.45) is 0. The zero-order chi connectivity index (χ0) is 13.1. The maximum Gasteiger partial charge on any atom is 0.234 e. The number of ether oxygens (including phenoxy) is 1. The second-order valence-corrected chi connectivity index (χ2v) is 4.14. The van der Waals surface area contributed by atoms with Crippen molar-refractivity contribution in [1.82, 2.24) is 16.0 Å². The third-order valence-electron chi connectivity index (χ3n) is 1.91. The maximum absolute atomic E-state index is 11.3. The number of rotatable bonds is 9. The predicted octanol–water partition coefficient (Wildman–Crippen LogP) is -0.889. The molecule has 6 heteroatoms. The van der Waals surface area contributed by atoms with E-state index in [9.17, 15) is 9.59 Å². The van der Waals surface area contributed by atoms with Crippen LogP contribution >= 0.6 is 0 Å². The summed E-state index contributed by atoms with van der Waals surface area (Å²) in [5.74, 6) is 0.193. The van der Waals surface area contributed by atoms with Crippen LogP contribution in [-0.2, 0) is 14.3 Å². The van der Waals surface area contributed by atoms with E-state index in [2.05, 4.69) is 16.0 Å². The van der Waals surface area contributed by atoms with Gasteiger partial charge in [0.05, 0.1) is 19.7 Å². The summed E-state index contributed by atoms with van der Waals surface area (Å²) in [5, 5.41) is 8.18. The first-order valence-corrected chi connectivity index (χ1v) is 5.79. The lowest BCUT2D eigenvalue weighted by Gasteiger charge is -2.08. The molecular formula is C11H23N3O3. The highest BCUT2D eigenvalue weighted by molar-refractivity contribution is 5.81. The van der Waals surface area contributed by atoms with E-state index >= 15 is 0 Å². The van der Waals surface area contributed by atoms with Gasteiger partial charge in [-0.3, -0.25) is 14.9 Å². The van der Waals surface area contributed by atoms with Crippen LogP contribution in [0.3, 0.4) is 0 Å². The normalized spacial score (nSPS) is 10.4. The van der Waals surface area contributed by atoms with Crippen LogP contribution < -0.4 is 16.0 Å². The maximum atomic E-state index is 11.3. The van der Waals surface area contributed by atoms with Gasteiger partial charge in [0, 0.05) is 20.2 Å². The van der Waals surface area contributed by atoms with E-state index in [0.717, 1.165) is 0 Å². The van der Waals surface area contributed by atoms with Crippen LogP contribution in [-0.4, -0.2) is 51.7 Å². The molecule has 0 atom stereocenters. The van der Waals surface area contributed by atoms with E-state index < -0.39 is 0 Å². The van der Waals surface area contributed by atoms with Crippen LogP contribution in [0.4, 0.5) is 0 Å². The average Bonchev–Trinajstić information content (AvgIpc) is 2.27. The molecule has 2 amide bonds. The first-order chi connectivity index (χ1) is 8.06. The molecule has 0 aliphatic rings. The highest BCUT2D eigenvalue weighted by atomic mass is 16.5. The Morgan fingerprint density at radius 1 is 1.12 bits per heavy atom. The first-order valence-electron chi connectivity index (χ1n) is 5.79. The number of nitrogens with one attached hydrogen (secondary N) is 3. The molecule has 0 aromatic rings. The smallest absolute Gasteiger partial charge is 0.234 e. The Morgan fingerprint density at radius 2 is 1.71 bits per heavy atom. The van der Waals surface area contributed by atoms with Gasteiger partial charge in [-0.2, -0.15) is 0 Å². The molecule has 0 aliphatic carbocycles. The minimum atomic E-state index is -0.140. The van der Waals surface area contributed by atoms with Crippen molar-refractivity contribution < 1.29 is 14.3 Å². The topological polar surface area (TPSA) is 79.5 Å². The third kappa shape index (κ3) is 11.1. The van der Waals surface area contributed by atoms with E-state index in [0.29, 0.717) is 25.6 Å². The van der Waals surface area contributed by atoms with E-state index in [1.54, 1.807) is 7.11 Å². The number of carbonyl (C=O) groups is 2. The van der Waals surface area contributed by atoms with E-state index in [4.69, 9.17) is 4.74 Å². The van der Waals surface area contributed by atoms with Crippen molar-refractivity contribution in [2.45, 2.75) is 13.8 Å². The molecule has 0 unspecified atom stereocenters. The molecule has 0 radical (unpaired) electrons. The molecule has 0 aromatic heterocycles. The van der Waals surface area contributed by atoms with Gasteiger partial charge in [0.25, 0.3) is 0 Å². The molecule has 3 N–H and O–H groups in total. The summed E-state index contributed by atoms with van der Waals surface area (Å²) in [4.78, 5) is 22.5. The van der Waals surface area contributed by atoms with Crippen molar-refractivity contribution in [3.05, 3.63) is 0 Å². The fourth-order valence-electron chi connectivity index (χ4n) is 1.03. The van der Waals surface area contributed by atoms with E-state index in [1.807, 2.05) is 13.8 Å². The van der Waals surface area contributed by atoms with Gasteiger partial charge in [-0.05, 0) is 5.92 Å². The van der Waals surface area contributed by atoms with Crippen LogP contribution in [0.25, 0.3) is 0 Å². The van der Waals surface area contributed by atoms with Gasteiger partial charge in [-0.15, -0.1) is 0 Å². The van der Waals surface area contributed by atoms with Crippen molar-refractivity contribution in [2.75, 3.05) is 39.9 Å². The fraction of sp³-hybridized carbons (Fsp3) is 0.818. The highest BCUT2D eigenvalue weighted by Crippen LogP contribution is 1.85. The number of amides is 2. The fourth-order valence-corrected chi connectivity index (χ4v) is 1.03. The van der Waals surface area contributed by atoms with Crippen molar-refractivity contribution in [3.8, 4) is 0 Å². The summed E-state index contributed by atoms with van der Waals surface area (Å²) in [6.45, 7) is 5.97. The standard InChI is InChI=1S/C11H23N3O3/c1-9(2)6-14-11(16)8-12-7-10(15)13-4-5-17-3/h9,12H,4-8H2,1-3H3,(H,13,15)(H,14,16). The number of carbonyl (C=O) groups excluding carboxylic acids is 2. The number of hydrogen-bond acceptors (Lipinski definition) is 4. The van der Waals surface area contributed by atoms with Gasteiger partial charge in [-0.1, -0.05) is 13.8 Å². The van der Waals surface area contributed by atoms with Gasteiger partial charge >= 0.3 is 0 Å². The summed E-state index contributed by atoms with van der Waals surface area (Å²) in [5.41, 5.74) is 0. The lowest BCUT2D eigenvalue weighted by Crippen LogP contribution is -2.41. The van der Waals surface area contributed by atoms with Gasteiger partial charge in [-0.25, -0.2) is 0 Å². The highest BCUT2D eigenvalue weighted by Gasteiger charge is 2.04. The minimum Gasteiger partial charge on any atom is -0.383 e. The van der Waals surface area contributed by atoms with Gasteiger partial charge in [0.2, 0.25) is 11.8 Å². The van der Waals surface area contributed by atoms with Crippen LogP contribution in [0.15, 0.2) is 0 Å². The molecule has 17 heavy (non-hydrogen) atoms. The Kier molecular flexibility index (Phi) is 9.37. The molecule has 0 saturated carbocycles. The largest absolute Gasteiger partial charge is 0.383 e. The monoisotopic (exact) mass is 245 g/mol. The van der Waals surface area contributed by atoms with Gasteiger partial charge in [0.1, 0.15) is 0 Å².